The van der Waals surface area contributed by atoms with Gasteiger partial charge in [0.05, 0.1) is 28.9 Å². The standard InChI is InChI=1S/C28H34N2O5/c1-14-6-9-20(31)22-21(14)28-18-13-29(12-15-7-8-15)23(18)27(28,34)11-10-19(24(28)35-22)30-25(32)16-4-2-3-5-17(16)26(30)33/h6,9,15-19,23-24,31,34H,2-5,7-8,10-13H2,1H3/t16-,17+,18?,19-,23-,24+,27-,28+/m1/s1. The van der Waals surface area contributed by atoms with Gasteiger partial charge in [-0.05, 0) is 63.0 Å². The van der Waals surface area contributed by atoms with E-state index in [1.54, 1.807) is 11.0 Å². The average Bonchev–Trinajstić information content (AvgIpc) is 3.52. The number of phenols is 1. The maximum Gasteiger partial charge on any atom is 0.233 e. The van der Waals surface area contributed by atoms with E-state index in [1.807, 2.05) is 13.0 Å². The van der Waals surface area contributed by atoms with Crippen LogP contribution < -0.4 is 4.74 Å². The molecule has 3 heterocycles. The lowest BCUT2D eigenvalue weighted by Crippen LogP contribution is -2.92. The highest BCUT2D eigenvalue weighted by atomic mass is 16.5. The Balaban J connectivity index is 1.23. The molecule has 1 aromatic carbocycles. The normalized spacial score (nSPS) is 45.5. The molecule has 2 saturated heterocycles. The Kier molecular flexibility index (Phi) is 3.96. The van der Waals surface area contributed by atoms with Gasteiger partial charge in [-0.3, -0.25) is 19.4 Å². The molecule has 35 heavy (non-hydrogen) atoms. The number of fused-ring (bicyclic) bond motifs is 4. The third-order valence-corrected chi connectivity index (χ3v) is 11.0. The van der Waals surface area contributed by atoms with E-state index in [9.17, 15) is 19.8 Å². The third kappa shape index (κ3) is 2.27. The zero-order valence-electron chi connectivity index (χ0n) is 20.3. The van der Waals surface area contributed by atoms with E-state index in [-0.39, 0.29) is 41.4 Å². The van der Waals surface area contributed by atoms with E-state index in [0.717, 1.165) is 55.8 Å². The number of aliphatic hydroxyl groups is 1. The Morgan fingerprint density at radius 3 is 2.46 bits per heavy atom. The number of rotatable bonds is 3. The number of likely N-dealkylation sites (tertiary alicyclic amines) is 2. The van der Waals surface area contributed by atoms with Crippen molar-refractivity contribution >= 4 is 11.8 Å². The Bertz CT molecular complexity index is 1140. The highest BCUT2D eigenvalue weighted by Gasteiger charge is 2.85. The fourth-order valence-corrected chi connectivity index (χ4v) is 9.46. The molecule has 1 aromatic rings. The van der Waals surface area contributed by atoms with Crippen molar-refractivity contribution in [2.45, 2.75) is 87.5 Å². The maximum atomic E-state index is 13.6. The molecule has 7 heteroatoms. The molecule has 6 fully saturated rings. The van der Waals surface area contributed by atoms with E-state index in [2.05, 4.69) is 4.90 Å². The van der Waals surface area contributed by atoms with E-state index in [0.29, 0.717) is 18.6 Å². The summed E-state index contributed by atoms with van der Waals surface area (Å²) in [6.07, 6.45) is 6.73. The summed E-state index contributed by atoms with van der Waals surface area (Å²) in [5.74, 6) is 1.03. The topological polar surface area (TPSA) is 90.3 Å². The molecule has 1 unspecified atom stereocenters. The molecule has 2 N–H and O–H groups in total. The number of imide groups is 1. The average molecular weight is 479 g/mol. The molecule has 4 aliphatic carbocycles. The minimum atomic E-state index is -0.978. The summed E-state index contributed by atoms with van der Waals surface area (Å²) in [5.41, 5.74) is 0.256. The molecule has 7 aliphatic rings. The second-order valence-corrected chi connectivity index (χ2v) is 12.5. The Labute approximate surface area is 205 Å². The SMILES string of the molecule is Cc1ccc(O)c2c1[C@]13C4CN(CC5CC5)[C@H]4[C@]1(O)CC[C@@H](N1C(=O)[C@H]4CCCC[C@H]4C1=O)[C@@H]3O2. The summed E-state index contributed by atoms with van der Waals surface area (Å²) in [5, 5.41) is 23.3. The zero-order valence-corrected chi connectivity index (χ0v) is 20.3. The van der Waals surface area contributed by atoms with Crippen LogP contribution in [-0.4, -0.2) is 68.7 Å². The molecule has 8 atom stereocenters. The van der Waals surface area contributed by atoms with Gasteiger partial charge in [-0.25, -0.2) is 0 Å². The quantitative estimate of drug-likeness (QED) is 0.649. The number of aromatic hydroxyl groups is 1. The van der Waals surface area contributed by atoms with Crippen molar-refractivity contribution in [2.24, 2.45) is 23.7 Å². The van der Waals surface area contributed by atoms with Crippen molar-refractivity contribution in [3.63, 3.8) is 0 Å². The Hall–Kier alpha value is -2.12. The molecule has 8 rings (SSSR count). The van der Waals surface area contributed by atoms with Gasteiger partial charge in [0, 0.05) is 30.6 Å². The first kappa shape index (κ1) is 21.0. The van der Waals surface area contributed by atoms with Crippen LogP contribution in [0.15, 0.2) is 12.1 Å². The fraction of sp³-hybridized carbons (Fsp3) is 0.714. The summed E-state index contributed by atoms with van der Waals surface area (Å²) in [4.78, 5) is 31.2. The van der Waals surface area contributed by atoms with E-state index in [1.165, 1.54) is 12.8 Å². The summed E-state index contributed by atoms with van der Waals surface area (Å²) >= 11 is 0. The second-order valence-electron chi connectivity index (χ2n) is 12.5. The van der Waals surface area contributed by atoms with Gasteiger partial charge in [-0.1, -0.05) is 18.9 Å². The highest BCUT2D eigenvalue weighted by molar-refractivity contribution is 6.05. The Morgan fingerprint density at radius 2 is 1.77 bits per heavy atom. The van der Waals surface area contributed by atoms with Gasteiger partial charge in [-0.15, -0.1) is 0 Å². The van der Waals surface area contributed by atoms with Crippen molar-refractivity contribution in [3.05, 3.63) is 23.3 Å². The van der Waals surface area contributed by atoms with Crippen molar-refractivity contribution in [2.75, 3.05) is 13.1 Å². The summed E-state index contributed by atoms with van der Waals surface area (Å²) < 4.78 is 6.59. The molecule has 0 bridgehead atoms. The lowest BCUT2D eigenvalue weighted by Gasteiger charge is -2.78. The predicted octanol–water partition coefficient (Wildman–Crippen LogP) is 2.49. The van der Waals surface area contributed by atoms with Crippen LogP contribution in [0.4, 0.5) is 0 Å². The zero-order chi connectivity index (χ0) is 23.9. The van der Waals surface area contributed by atoms with Gasteiger partial charge in [-0.2, -0.15) is 0 Å². The third-order valence-electron chi connectivity index (χ3n) is 11.0. The van der Waals surface area contributed by atoms with Crippen LogP contribution in [-0.2, 0) is 15.0 Å². The van der Waals surface area contributed by atoms with E-state index >= 15 is 0 Å². The largest absolute Gasteiger partial charge is 0.504 e. The van der Waals surface area contributed by atoms with Crippen molar-refractivity contribution in [1.82, 2.24) is 9.80 Å². The molecule has 186 valence electrons. The van der Waals surface area contributed by atoms with Crippen LogP contribution >= 0.6 is 0 Å². The van der Waals surface area contributed by atoms with Gasteiger partial charge < -0.3 is 14.9 Å². The number of carbonyl (C=O) groups is 2. The molecule has 4 saturated carbocycles. The van der Waals surface area contributed by atoms with E-state index in [4.69, 9.17) is 4.74 Å². The second kappa shape index (κ2) is 6.60. The molecule has 7 nitrogen and oxygen atoms in total. The molecule has 0 radical (unpaired) electrons. The number of aryl methyl sites for hydroxylation is 1. The van der Waals surface area contributed by atoms with Gasteiger partial charge >= 0.3 is 0 Å². The lowest BCUT2D eigenvalue weighted by molar-refractivity contribution is -0.321. The number of nitrogens with zero attached hydrogens (tertiary/aromatic N) is 2. The first-order chi connectivity index (χ1) is 16.9. The summed E-state index contributed by atoms with van der Waals surface area (Å²) in [7, 11) is 0. The first-order valence-corrected chi connectivity index (χ1v) is 13.7. The number of carbonyl (C=O) groups excluding carboxylic acids is 2. The highest BCUT2D eigenvalue weighted by Crippen LogP contribution is 2.74. The molecule has 1 spiro atoms. The van der Waals surface area contributed by atoms with Crippen LogP contribution in [0.2, 0.25) is 0 Å². The van der Waals surface area contributed by atoms with Gasteiger partial charge in [0.2, 0.25) is 11.8 Å². The van der Waals surface area contributed by atoms with Crippen LogP contribution in [0.3, 0.4) is 0 Å². The monoisotopic (exact) mass is 478 g/mol. The predicted molar refractivity (Wildman–Crippen MR) is 126 cm³/mol. The van der Waals surface area contributed by atoms with Crippen molar-refractivity contribution < 1.29 is 24.5 Å². The van der Waals surface area contributed by atoms with Crippen LogP contribution in [0, 0.1) is 30.6 Å². The molecule has 3 aliphatic heterocycles. The smallest absolute Gasteiger partial charge is 0.233 e. The van der Waals surface area contributed by atoms with Gasteiger partial charge in [0.15, 0.2) is 11.5 Å². The summed E-state index contributed by atoms with van der Waals surface area (Å²) in [6, 6.07) is 3.27. The number of piperidine rings is 1. The molecule has 0 aromatic heterocycles. The first-order valence-electron chi connectivity index (χ1n) is 13.7. The summed E-state index contributed by atoms with van der Waals surface area (Å²) in [6.45, 7) is 3.97. The number of hydrogen-bond donors (Lipinski definition) is 2. The van der Waals surface area contributed by atoms with Crippen molar-refractivity contribution in [1.29, 1.82) is 0 Å². The fourth-order valence-electron chi connectivity index (χ4n) is 9.46. The Morgan fingerprint density at radius 1 is 1.06 bits per heavy atom. The minimum absolute atomic E-state index is 0.0365. The lowest BCUT2D eigenvalue weighted by atomic mass is 9.35. The van der Waals surface area contributed by atoms with Crippen LogP contribution in [0.1, 0.15) is 62.5 Å². The number of benzene rings is 1. The number of hydrogen-bond acceptors (Lipinski definition) is 6. The van der Waals surface area contributed by atoms with Crippen LogP contribution in [0.5, 0.6) is 11.5 Å². The van der Waals surface area contributed by atoms with Crippen LogP contribution in [0.25, 0.3) is 0 Å². The molecule has 2 amide bonds. The number of phenolic OH excluding ortho intramolecular Hbond substituents is 1. The molecular weight excluding hydrogens is 444 g/mol. The molecular formula is C28H34N2O5. The van der Waals surface area contributed by atoms with Gasteiger partial charge in [0.1, 0.15) is 6.10 Å². The maximum absolute atomic E-state index is 13.6. The number of amides is 2. The van der Waals surface area contributed by atoms with E-state index < -0.39 is 23.2 Å². The number of ether oxygens (including phenoxy) is 1. The van der Waals surface area contributed by atoms with Gasteiger partial charge in [0.25, 0.3) is 0 Å². The van der Waals surface area contributed by atoms with Crippen molar-refractivity contribution in [3.8, 4) is 11.5 Å². The minimum Gasteiger partial charge on any atom is -0.504 e.